The Hall–Kier alpha value is -1.42. The molecule has 0 saturated carbocycles. The molecule has 1 rings (SSSR count). The van der Waals surface area contributed by atoms with Crippen molar-refractivity contribution >= 4 is 28.8 Å². The average molecular weight is 292 g/mol. The smallest absolute Gasteiger partial charge is 0.170 e. The molecule has 4 heteroatoms. The van der Waals surface area contributed by atoms with Gasteiger partial charge in [0.2, 0.25) is 0 Å². The fourth-order valence-electron chi connectivity index (χ4n) is 1.98. The van der Waals surface area contributed by atoms with Crippen LogP contribution in [0, 0.1) is 0 Å². The first-order valence-electron chi connectivity index (χ1n) is 7.21. The molecule has 1 atom stereocenters. The monoisotopic (exact) mass is 292 g/mol. The van der Waals surface area contributed by atoms with Crippen LogP contribution >= 0.6 is 12.2 Å². The highest BCUT2D eigenvalue weighted by Crippen LogP contribution is 2.11. The molecule has 3 nitrogen and oxygen atoms in total. The zero-order chi connectivity index (χ0) is 15.0. The predicted octanol–water partition coefficient (Wildman–Crippen LogP) is 4.14. The number of rotatable bonds is 7. The van der Waals surface area contributed by atoms with Gasteiger partial charge in [0.25, 0.3) is 0 Å². The number of anilines is 1. The van der Waals surface area contributed by atoms with Gasteiger partial charge in [-0.15, -0.1) is 0 Å². The SMILES string of the molecule is CCCCCC(C)NC(=S)Nc1cccc(C(C)=O)c1. The van der Waals surface area contributed by atoms with Crippen molar-refractivity contribution in [1.82, 2.24) is 5.32 Å². The molecule has 0 spiro atoms. The van der Waals surface area contributed by atoms with Crippen molar-refractivity contribution in [3.63, 3.8) is 0 Å². The van der Waals surface area contributed by atoms with Crippen LogP contribution in [-0.2, 0) is 0 Å². The molecule has 1 aromatic carbocycles. The largest absolute Gasteiger partial charge is 0.360 e. The van der Waals surface area contributed by atoms with Crippen LogP contribution in [0.4, 0.5) is 5.69 Å². The summed E-state index contributed by atoms with van der Waals surface area (Å²) < 4.78 is 0. The molecular weight excluding hydrogens is 268 g/mol. The van der Waals surface area contributed by atoms with E-state index in [1.165, 1.54) is 19.3 Å². The Labute approximate surface area is 127 Å². The molecule has 110 valence electrons. The third-order valence-corrected chi connectivity index (χ3v) is 3.37. The molecule has 0 aliphatic rings. The van der Waals surface area contributed by atoms with E-state index in [9.17, 15) is 4.79 Å². The van der Waals surface area contributed by atoms with Crippen molar-refractivity contribution in [3.05, 3.63) is 29.8 Å². The van der Waals surface area contributed by atoms with Crippen LogP contribution in [0.3, 0.4) is 0 Å². The van der Waals surface area contributed by atoms with Crippen LogP contribution in [0.15, 0.2) is 24.3 Å². The molecule has 1 unspecified atom stereocenters. The van der Waals surface area contributed by atoms with Gasteiger partial charge in [0.15, 0.2) is 10.9 Å². The third kappa shape index (κ3) is 6.15. The first-order chi connectivity index (χ1) is 9.52. The van der Waals surface area contributed by atoms with Gasteiger partial charge >= 0.3 is 0 Å². The highest BCUT2D eigenvalue weighted by Gasteiger charge is 2.05. The van der Waals surface area contributed by atoms with E-state index in [0.717, 1.165) is 12.1 Å². The lowest BCUT2D eigenvalue weighted by molar-refractivity contribution is 0.101. The van der Waals surface area contributed by atoms with E-state index in [4.69, 9.17) is 12.2 Å². The molecule has 0 bridgehead atoms. The van der Waals surface area contributed by atoms with E-state index in [-0.39, 0.29) is 5.78 Å². The second-order valence-corrected chi connectivity index (χ2v) is 5.54. The number of ketones is 1. The van der Waals surface area contributed by atoms with Crippen LogP contribution in [0.5, 0.6) is 0 Å². The van der Waals surface area contributed by atoms with Gasteiger partial charge in [-0.05, 0) is 44.6 Å². The van der Waals surface area contributed by atoms with Gasteiger partial charge in [0.1, 0.15) is 0 Å². The molecule has 0 amide bonds. The third-order valence-electron chi connectivity index (χ3n) is 3.15. The maximum atomic E-state index is 11.3. The summed E-state index contributed by atoms with van der Waals surface area (Å²) in [6, 6.07) is 7.74. The summed E-state index contributed by atoms with van der Waals surface area (Å²) in [6.07, 6.45) is 4.82. The van der Waals surface area contributed by atoms with Gasteiger partial charge in [0.05, 0.1) is 0 Å². The molecule has 0 saturated heterocycles. The van der Waals surface area contributed by atoms with E-state index in [1.807, 2.05) is 18.2 Å². The minimum atomic E-state index is 0.0560. The fraction of sp³-hybridized carbons (Fsp3) is 0.500. The lowest BCUT2D eigenvalue weighted by Crippen LogP contribution is -2.35. The lowest BCUT2D eigenvalue weighted by Gasteiger charge is -2.17. The molecule has 0 aliphatic heterocycles. The second kappa shape index (κ2) is 8.69. The fourth-order valence-corrected chi connectivity index (χ4v) is 2.30. The quantitative estimate of drug-likeness (QED) is 0.450. The topological polar surface area (TPSA) is 41.1 Å². The molecule has 1 aromatic rings. The van der Waals surface area contributed by atoms with Crippen molar-refractivity contribution in [3.8, 4) is 0 Å². The Kier molecular flexibility index (Phi) is 7.23. The molecule has 0 fully saturated rings. The minimum absolute atomic E-state index is 0.0560. The van der Waals surface area contributed by atoms with E-state index in [0.29, 0.717) is 16.7 Å². The molecule has 20 heavy (non-hydrogen) atoms. The van der Waals surface area contributed by atoms with Gasteiger partial charge in [-0.2, -0.15) is 0 Å². The van der Waals surface area contributed by atoms with Crippen molar-refractivity contribution in [1.29, 1.82) is 0 Å². The lowest BCUT2D eigenvalue weighted by atomic mass is 10.1. The Morgan fingerprint density at radius 3 is 2.75 bits per heavy atom. The maximum Gasteiger partial charge on any atom is 0.170 e. The number of carbonyl (C=O) groups excluding carboxylic acids is 1. The summed E-state index contributed by atoms with van der Waals surface area (Å²) in [6.45, 7) is 5.90. The number of Topliss-reactive ketones (excluding diaryl/α,β-unsaturated/α-hetero) is 1. The number of hydrogen-bond donors (Lipinski definition) is 2. The number of unbranched alkanes of at least 4 members (excludes halogenated alkanes) is 2. The summed E-state index contributed by atoms with van der Waals surface area (Å²) in [4.78, 5) is 11.3. The van der Waals surface area contributed by atoms with Crippen LogP contribution in [-0.4, -0.2) is 16.9 Å². The van der Waals surface area contributed by atoms with Crippen molar-refractivity contribution in [2.45, 2.75) is 52.5 Å². The highest BCUT2D eigenvalue weighted by atomic mass is 32.1. The number of carbonyl (C=O) groups is 1. The zero-order valence-corrected chi connectivity index (χ0v) is 13.3. The predicted molar refractivity (Wildman–Crippen MR) is 89.4 cm³/mol. The highest BCUT2D eigenvalue weighted by molar-refractivity contribution is 7.80. The second-order valence-electron chi connectivity index (χ2n) is 5.13. The number of nitrogens with one attached hydrogen (secondary N) is 2. The molecule has 0 aliphatic carbocycles. The van der Waals surface area contributed by atoms with Crippen molar-refractivity contribution < 1.29 is 4.79 Å². The van der Waals surface area contributed by atoms with Gasteiger partial charge in [-0.25, -0.2) is 0 Å². The molecule has 0 aromatic heterocycles. The van der Waals surface area contributed by atoms with Crippen molar-refractivity contribution in [2.24, 2.45) is 0 Å². The summed E-state index contributed by atoms with van der Waals surface area (Å²) in [5.41, 5.74) is 1.53. The zero-order valence-electron chi connectivity index (χ0n) is 12.5. The maximum absolute atomic E-state index is 11.3. The summed E-state index contributed by atoms with van der Waals surface area (Å²) in [5.74, 6) is 0.0560. The van der Waals surface area contributed by atoms with Crippen LogP contribution in [0.25, 0.3) is 0 Å². The molecular formula is C16H24N2OS. The van der Waals surface area contributed by atoms with Gasteiger partial charge in [-0.1, -0.05) is 38.3 Å². The Morgan fingerprint density at radius 2 is 2.10 bits per heavy atom. The van der Waals surface area contributed by atoms with Crippen molar-refractivity contribution in [2.75, 3.05) is 5.32 Å². The first-order valence-corrected chi connectivity index (χ1v) is 7.62. The summed E-state index contributed by atoms with van der Waals surface area (Å²) >= 11 is 5.29. The minimum Gasteiger partial charge on any atom is -0.360 e. The molecule has 0 heterocycles. The number of hydrogen-bond acceptors (Lipinski definition) is 2. The van der Waals surface area contributed by atoms with Crippen LogP contribution in [0.1, 0.15) is 56.8 Å². The molecule has 0 radical (unpaired) electrons. The normalized spacial score (nSPS) is 11.8. The van der Waals surface area contributed by atoms with E-state index >= 15 is 0 Å². The average Bonchev–Trinajstić information content (AvgIpc) is 2.39. The molecule has 2 N–H and O–H groups in total. The van der Waals surface area contributed by atoms with Gasteiger partial charge in [0, 0.05) is 17.3 Å². The van der Waals surface area contributed by atoms with Crippen LogP contribution < -0.4 is 10.6 Å². The summed E-state index contributed by atoms with van der Waals surface area (Å²) in [7, 11) is 0. The van der Waals surface area contributed by atoms with E-state index in [1.54, 1.807) is 13.0 Å². The Bertz CT molecular complexity index is 460. The standard InChI is InChI=1S/C16H24N2OS/c1-4-5-6-8-12(2)17-16(20)18-15-10-7-9-14(11-15)13(3)19/h7,9-12H,4-6,8H2,1-3H3,(H2,17,18,20). The Morgan fingerprint density at radius 1 is 1.35 bits per heavy atom. The van der Waals surface area contributed by atoms with Crippen LogP contribution in [0.2, 0.25) is 0 Å². The summed E-state index contributed by atoms with van der Waals surface area (Å²) in [5, 5.41) is 7.00. The van der Waals surface area contributed by atoms with Gasteiger partial charge in [-0.3, -0.25) is 4.79 Å². The van der Waals surface area contributed by atoms with Gasteiger partial charge < -0.3 is 10.6 Å². The first kappa shape index (κ1) is 16.6. The van der Waals surface area contributed by atoms with E-state index in [2.05, 4.69) is 24.5 Å². The Balaban J connectivity index is 2.45. The number of benzene rings is 1. The van der Waals surface area contributed by atoms with E-state index < -0.39 is 0 Å². The number of thiocarbonyl (C=S) groups is 1.